The maximum atomic E-state index is 11.6. The van der Waals surface area contributed by atoms with Crippen molar-refractivity contribution in [1.82, 2.24) is 10.3 Å². The van der Waals surface area contributed by atoms with Crippen LogP contribution in [0.25, 0.3) is 10.9 Å². The number of fused-ring (bicyclic) bond motifs is 1. The van der Waals surface area contributed by atoms with Crippen molar-refractivity contribution in [3.8, 4) is 0 Å². The molecule has 0 radical (unpaired) electrons. The number of carbonyl (C=O) groups excluding carboxylic acids is 1. The van der Waals surface area contributed by atoms with Crippen LogP contribution in [-0.4, -0.2) is 24.0 Å². The van der Waals surface area contributed by atoms with Crippen LogP contribution in [0, 0.1) is 12.8 Å². The molecule has 0 saturated carbocycles. The number of H-pyrrole nitrogens is 1. The predicted molar refractivity (Wildman–Crippen MR) is 78.0 cm³/mol. The maximum absolute atomic E-state index is 11.6. The van der Waals surface area contributed by atoms with Crippen LogP contribution in [0.2, 0.25) is 0 Å². The van der Waals surface area contributed by atoms with Crippen LogP contribution in [0.3, 0.4) is 0 Å². The number of nitrogens with two attached hydrogens (primary N) is 1. The molecular formula is C15H21N3O. The Morgan fingerprint density at radius 1 is 1.47 bits per heavy atom. The van der Waals surface area contributed by atoms with Crippen molar-refractivity contribution < 1.29 is 4.79 Å². The minimum atomic E-state index is -0.121. The molecule has 0 bridgehead atoms. The predicted octanol–water partition coefficient (Wildman–Crippen LogP) is 1.73. The van der Waals surface area contributed by atoms with E-state index in [1.165, 1.54) is 16.5 Å². The number of rotatable bonds is 5. The summed E-state index contributed by atoms with van der Waals surface area (Å²) in [6.07, 6.45) is 2.85. The fourth-order valence-electron chi connectivity index (χ4n) is 2.25. The third kappa shape index (κ3) is 2.96. The summed E-state index contributed by atoms with van der Waals surface area (Å²) >= 11 is 0. The van der Waals surface area contributed by atoms with E-state index < -0.39 is 0 Å². The number of carbonyl (C=O) groups is 1. The van der Waals surface area contributed by atoms with Gasteiger partial charge in [0.2, 0.25) is 5.91 Å². The van der Waals surface area contributed by atoms with Crippen molar-refractivity contribution in [1.29, 1.82) is 0 Å². The molecule has 4 nitrogen and oxygen atoms in total. The average Bonchev–Trinajstić information content (AvgIpc) is 2.82. The summed E-state index contributed by atoms with van der Waals surface area (Å²) in [5.41, 5.74) is 9.12. The molecule has 2 rings (SSSR count). The molecular weight excluding hydrogens is 238 g/mol. The number of nitrogens with one attached hydrogen (secondary N) is 2. The molecule has 4 N–H and O–H groups in total. The zero-order valence-electron chi connectivity index (χ0n) is 11.5. The largest absolute Gasteiger partial charge is 0.361 e. The van der Waals surface area contributed by atoms with Crippen molar-refractivity contribution in [3.63, 3.8) is 0 Å². The zero-order valence-corrected chi connectivity index (χ0v) is 11.5. The van der Waals surface area contributed by atoms with Crippen molar-refractivity contribution in [3.05, 3.63) is 35.5 Å². The van der Waals surface area contributed by atoms with Gasteiger partial charge in [-0.2, -0.15) is 0 Å². The third-order valence-electron chi connectivity index (χ3n) is 3.49. The topological polar surface area (TPSA) is 70.9 Å². The highest BCUT2D eigenvalue weighted by atomic mass is 16.1. The highest BCUT2D eigenvalue weighted by Gasteiger charge is 2.10. The summed E-state index contributed by atoms with van der Waals surface area (Å²) in [6, 6.07) is 6.22. The number of hydrogen-bond donors (Lipinski definition) is 3. The van der Waals surface area contributed by atoms with Gasteiger partial charge in [0.15, 0.2) is 0 Å². The minimum absolute atomic E-state index is 0.0269. The van der Waals surface area contributed by atoms with E-state index in [1.54, 1.807) is 0 Å². The third-order valence-corrected chi connectivity index (χ3v) is 3.49. The van der Waals surface area contributed by atoms with Crippen LogP contribution in [0.15, 0.2) is 24.4 Å². The lowest BCUT2D eigenvalue weighted by molar-refractivity contribution is -0.124. The monoisotopic (exact) mass is 259 g/mol. The van der Waals surface area contributed by atoms with Gasteiger partial charge in [-0.05, 0) is 30.5 Å². The van der Waals surface area contributed by atoms with Crippen LogP contribution in [0.5, 0.6) is 0 Å². The van der Waals surface area contributed by atoms with Crippen molar-refractivity contribution >= 4 is 16.8 Å². The molecule has 19 heavy (non-hydrogen) atoms. The normalized spacial score (nSPS) is 12.6. The lowest BCUT2D eigenvalue weighted by Crippen LogP contribution is -2.34. The molecule has 1 amide bonds. The van der Waals surface area contributed by atoms with Crippen LogP contribution < -0.4 is 11.1 Å². The molecule has 4 heteroatoms. The lowest BCUT2D eigenvalue weighted by atomic mass is 10.1. The minimum Gasteiger partial charge on any atom is -0.361 e. The highest BCUT2D eigenvalue weighted by Crippen LogP contribution is 2.22. The van der Waals surface area contributed by atoms with Gasteiger partial charge in [-0.15, -0.1) is 0 Å². The van der Waals surface area contributed by atoms with Gasteiger partial charge in [0.1, 0.15) is 0 Å². The average molecular weight is 259 g/mol. The van der Waals surface area contributed by atoms with Gasteiger partial charge >= 0.3 is 0 Å². The first-order chi connectivity index (χ1) is 9.13. The van der Waals surface area contributed by atoms with Gasteiger partial charge in [-0.1, -0.05) is 19.1 Å². The van der Waals surface area contributed by atoms with Gasteiger partial charge in [0.25, 0.3) is 0 Å². The maximum Gasteiger partial charge on any atom is 0.224 e. The molecule has 1 heterocycles. The zero-order chi connectivity index (χ0) is 13.8. The molecule has 102 valence electrons. The van der Waals surface area contributed by atoms with E-state index >= 15 is 0 Å². The van der Waals surface area contributed by atoms with E-state index in [1.807, 2.05) is 19.2 Å². The van der Waals surface area contributed by atoms with Crippen molar-refractivity contribution in [2.75, 3.05) is 13.1 Å². The first-order valence-electron chi connectivity index (χ1n) is 6.67. The van der Waals surface area contributed by atoms with E-state index in [4.69, 9.17) is 5.73 Å². The van der Waals surface area contributed by atoms with E-state index in [9.17, 15) is 4.79 Å². The Balaban J connectivity index is 2.01. The summed E-state index contributed by atoms with van der Waals surface area (Å²) in [5, 5.41) is 4.19. The number of benzene rings is 1. The molecule has 0 aliphatic heterocycles. The van der Waals surface area contributed by atoms with Crippen LogP contribution in [0.4, 0.5) is 0 Å². The van der Waals surface area contributed by atoms with E-state index in [0.29, 0.717) is 13.1 Å². The Bertz CT molecular complexity index is 574. The second kappa shape index (κ2) is 5.89. The highest BCUT2D eigenvalue weighted by molar-refractivity contribution is 5.86. The van der Waals surface area contributed by atoms with Gasteiger partial charge in [0, 0.05) is 36.1 Å². The Morgan fingerprint density at radius 2 is 2.26 bits per heavy atom. The summed E-state index contributed by atoms with van der Waals surface area (Å²) in [5.74, 6) is -0.0937. The molecule has 2 aromatic rings. The van der Waals surface area contributed by atoms with Gasteiger partial charge in [-0.3, -0.25) is 4.79 Å². The number of amides is 1. The van der Waals surface area contributed by atoms with Crippen LogP contribution in [0.1, 0.15) is 18.1 Å². The summed E-state index contributed by atoms with van der Waals surface area (Å²) in [7, 11) is 0. The quantitative estimate of drug-likeness (QED) is 0.765. The fourth-order valence-corrected chi connectivity index (χ4v) is 2.25. The molecule has 1 aromatic heterocycles. The Hall–Kier alpha value is -1.81. The summed E-state index contributed by atoms with van der Waals surface area (Å²) < 4.78 is 0. The number of hydrogen-bond acceptors (Lipinski definition) is 2. The smallest absolute Gasteiger partial charge is 0.224 e. The molecule has 0 aliphatic carbocycles. The van der Waals surface area contributed by atoms with E-state index in [-0.39, 0.29) is 11.8 Å². The van der Waals surface area contributed by atoms with E-state index in [2.05, 4.69) is 29.4 Å². The first kappa shape index (κ1) is 13.6. The molecule has 0 fully saturated rings. The lowest BCUT2D eigenvalue weighted by Gasteiger charge is -2.09. The fraction of sp³-hybridized carbons (Fsp3) is 0.400. The van der Waals surface area contributed by atoms with E-state index in [0.717, 1.165) is 11.9 Å². The Kier molecular flexibility index (Phi) is 4.22. The van der Waals surface area contributed by atoms with Crippen LogP contribution >= 0.6 is 0 Å². The van der Waals surface area contributed by atoms with Crippen molar-refractivity contribution in [2.45, 2.75) is 20.3 Å². The second-order valence-corrected chi connectivity index (χ2v) is 4.99. The second-order valence-electron chi connectivity index (χ2n) is 4.99. The number of aryl methyl sites for hydroxylation is 1. The summed E-state index contributed by atoms with van der Waals surface area (Å²) in [6.45, 7) is 4.97. The van der Waals surface area contributed by atoms with Gasteiger partial charge < -0.3 is 16.0 Å². The van der Waals surface area contributed by atoms with Crippen LogP contribution in [-0.2, 0) is 11.2 Å². The molecule has 0 aliphatic rings. The Morgan fingerprint density at radius 3 is 3.00 bits per heavy atom. The standard InChI is InChI=1S/C15H21N3O/c1-10-4-3-5-13-14(10)12(9-18-13)6-7-17-15(19)11(2)8-16/h3-5,9,11,18H,6-8,16H2,1-2H3,(H,17,19). The molecule has 1 aromatic carbocycles. The summed E-state index contributed by atoms with van der Waals surface area (Å²) in [4.78, 5) is 14.9. The molecule has 1 atom stereocenters. The van der Waals surface area contributed by atoms with Gasteiger partial charge in [-0.25, -0.2) is 0 Å². The SMILES string of the molecule is Cc1cccc2[nH]cc(CCNC(=O)C(C)CN)c12. The first-order valence-corrected chi connectivity index (χ1v) is 6.67. The molecule has 0 saturated heterocycles. The molecule has 0 spiro atoms. The van der Waals surface area contributed by atoms with Crippen molar-refractivity contribution in [2.24, 2.45) is 11.7 Å². The molecule has 1 unspecified atom stereocenters. The number of aromatic nitrogens is 1. The van der Waals surface area contributed by atoms with Gasteiger partial charge in [0.05, 0.1) is 0 Å². The Labute approximate surface area is 113 Å². The number of aromatic amines is 1.